The molecule has 4 rings (SSSR count). The largest absolute Gasteiger partial charge is 0.488 e. The Hall–Kier alpha value is -3.85. The molecule has 202 valence electrons. The number of carbonyl (C=O) groups excluding carboxylic acids is 1. The summed E-state index contributed by atoms with van der Waals surface area (Å²) in [6, 6.07) is 34.7. The lowest BCUT2D eigenvalue weighted by molar-refractivity contribution is -0.158. The summed E-state index contributed by atoms with van der Waals surface area (Å²) in [5.74, 6) is 0.320. The van der Waals surface area contributed by atoms with Crippen molar-refractivity contribution in [2.75, 3.05) is 0 Å². The van der Waals surface area contributed by atoms with E-state index in [1.54, 1.807) is 0 Å². The average Bonchev–Trinajstić information content (AvgIpc) is 2.92. The van der Waals surface area contributed by atoms with Gasteiger partial charge in [-0.1, -0.05) is 103 Å². The first-order chi connectivity index (χ1) is 18.6. The molecule has 39 heavy (non-hydrogen) atoms. The second-order valence-corrected chi connectivity index (χ2v) is 11.3. The van der Waals surface area contributed by atoms with Crippen molar-refractivity contribution in [3.63, 3.8) is 0 Å². The summed E-state index contributed by atoms with van der Waals surface area (Å²) in [5, 5.41) is 0. The second-order valence-electron chi connectivity index (χ2n) is 11.3. The van der Waals surface area contributed by atoms with Crippen molar-refractivity contribution in [1.29, 1.82) is 0 Å². The smallest absolute Gasteiger partial charge is 0.310 e. The molecule has 0 heterocycles. The van der Waals surface area contributed by atoms with Crippen molar-refractivity contribution in [2.24, 2.45) is 5.92 Å². The molecule has 4 aromatic rings. The molecule has 0 aliphatic rings. The molecule has 3 nitrogen and oxygen atoms in total. The van der Waals surface area contributed by atoms with E-state index in [4.69, 9.17) is 9.47 Å². The summed E-state index contributed by atoms with van der Waals surface area (Å²) in [5.41, 5.74) is 4.79. The van der Waals surface area contributed by atoms with Gasteiger partial charge in [-0.25, -0.2) is 0 Å². The third-order valence-electron chi connectivity index (χ3n) is 7.07. The van der Waals surface area contributed by atoms with Gasteiger partial charge in [0, 0.05) is 16.7 Å². The van der Waals surface area contributed by atoms with E-state index in [1.807, 2.05) is 82.3 Å². The van der Waals surface area contributed by atoms with Gasteiger partial charge in [0.2, 0.25) is 0 Å². The van der Waals surface area contributed by atoms with E-state index in [1.165, 1.54) is 0 Å². The normalized spacial score (nSPS) is 13.8. The molecular formula is C36H40O3. The van der Waals surface area contributed by atoms with Crippen molar-refractivity contribution in [2.45, 2.75) is 65.6 Å². The molecule has 0 spiro atoms. The maximum absolute atomic E-state index is 14.1. The molecule has 0 aromatic heterocycles. The molecular weight excluding hydrogens is 480 g/mol. The third kappa shape index (κ3) is 6.60. The van der Waals surface area contributed by atoms with Crippen LogP contribution < -0.4 is 4.74 Å². The molecule has 0 saturated carbocycles. The van der Waals surface area contributed by atoms with Crippen LogP contribution in [0, 0.1) is 19.8 Å². The standard InChI is InChI=1S/C36H40O3/c1-7-29(25-28-19-23-32(24-20-28)38-35(4,5)6)34(37)39-36(30-14-9-8-10-15-30,31-21-17-26(2)18-22-31)33-16-12-11-13-27(33)3/h8-24,29H,7,25H2,1-6H3/t29-,36?/m0/s1. The van der Waals surface area contributed by atoms with Crippen LogP contribution >= 0.6 is 0 Å². The number of hydrogen-bond acceptors (Lipinski definition) is 3. The van der Waals surface area contributed by atoms with Crippen molar-refractivity contribution < 1.29 is 14.3 Å². The molecule has 2 atom stereocenters. The lowest BCUT2D eigenvalue weighted by atomic mass is 9.78. The highest BCUT2D eigenvalue weighted by molar-refractivity contribution is 5.75. The highest BCUT2D eigenvalue weighted by Crippen LogP contribution is 2.43. The lowest BCUT2D eigenvalue weighted by Gasteiger charge is -2.37. The van der Waals surface area contributed by atoms with Crippen LogP contribution in [0.2, 0.25) is 0 Å². The number of benzene rings is 4. The highest BCUT2D eigenvalue weighted by atomic mass is 16.6. The Morgan fingerprint density at radius 3 is 1.92 bits per heavy atom. The van der Waals surface area contributed by atoms with E-state index < -0.39 is 5.60 Å². The van der Waals surface area contributed by atoms with Gasteiger partial charge < -0.3 is 9.47 Å². The topological polar surface area (TPSA) is 35.5 Å². The first kappa shape index (κ1) is 28.2. The quantitative estimate of drug-likeness (QED) is 0.164. The first-order valence-corrected chi connectivity index (χ1v) is 13.8. The fourth-order valence-electron chi connectivity index (χ4n) is 5.04. The monoisotopic (exact) mass is 520 g/mol. The van der Waals surface area contributed by atoms with Crippen LogP contribution in [0.15, 0.2) is 103 Å². The van der Waals surface area contributed by atoms with Crippen molar-refractivity contribution in [3.05, 3.63) is 137 Å². The second kappa shape index (κ2) is 11.9. The molecule has 0 N–H and O–H groups in total. The summed E-state index contributed by atoms with van der Waals surface area (Å²) in [4.78, 5) is 14.1. The van der Waals surface area contributed by atoms with Gasteiger partial charge in [0.15, 0.2) is 5.60 Å². The van der Waals surface area contributed by atoms with Crippen LogP contribution in [0.25, 0.3) is 0 Å². The molecule has 1 unspecified atom stereocenters. The molecule has 0 aliphatic carbocycles. The maximum atomic E-state index is 14.1. The molecule has 0 saturated heterocycles. The molecule has 4 aromatic carbocycles. The van der Waals surface area contributed by atoms with E-state index in [2.05, 4.69) is 62.4 Å². The van der Waals surface area contributed by atoms with Gasteiger partial charge >= 0.3 is 5.97 Å². The molecule has 0 aliphatic heterocycles. The van der Waals surface area contributed by atoms with Crippen LogP contribution in [-0.4, -0.2) is 11.6 Å². The van der Waals surface area contributed by atoms with Gasteiger partial charge in [-0.2, -0.15) is 0 Å². The van der Waals surface area contributed by atoms with Gasteiger partial charge in [-0.3, -0.25) is 4.79 Å². The van der Waals surface area contributed by atoms with Crippen molar-refractivity contribution in [1.82, 2.24) is 0 Å². The van der Waals surface area contributed by atoms with Crippen LogP contribution in [0.3, 0.4) is 0 Å². The Morgan fingerprint density at radius 2 is 1.33 bits per heavy atom. The number of esters is 1. The fourth-order valence-corrected chi connectivity index (χ4v) is 5.04. The van der Waals surface area contributed by atoms with Crippen molar-refractivity contribution in [3.8, 4) is 5.75 Å². The van der Waals surface area contributed by atoms with Gasteiger partial charge in [-0.05, 0) is 70.7 Å². The third-order valence-corrected chi connectivity index (χ3v) is 7.07. The summed E-state index contributed by atoms with van der Waals surface area (Å²) in [7, 11) is 0. The van der Waals surface area contributed by atoms with Gasteiger partial charge in [-0.15, -0.1) is 0 Å². The zero-order valence-corrected chi connectivity index (χ0v) is 24.0. The molecule has 0 bridgehead atoms. The Labute approximate surface area is 233 Å². The predicted molar refractivity (Wildman–Crippen MR) is 159 cm³/mol. The summed E-state index contributed by atoms with van der Waals surface area (Å²) >= 11 is 0. The number of hydrogen-bond donors (Lipinski definition) is 0. The van der Waals surface area contributed by atoms with Crippen LogP contribution in [0.1, 0.15) is 67.5 Å². The van der Waals surface area contributed by atoms with E-state index in [0.717, 1.165) is 39.1 Å². The van der Waals surface area contributed by atoms with E-state index in [0.29, 0.717) is 12.8 Å². The van der Waals surface area contributed by atoms with Gasteiger partial charge in [0.1, 0.15) is 11.4 Å². The van der Waals surface area contributed by atoms with Crippen molar-refractivity contribution >= 4 is 5.97 Å². The highest BCUT2D eigenvalue weighted by Gasteiger charge is 2.42. The minimum absolute atomic E-state index is 0.208. The van der Waals surface area contributed by atoms with E-state index in [9.17, 15) is 4.79 Å². The molecule has 3 heteroatoms. The number of carbonyl (C=O) groups is 1. The number of ether oxygens (including phenoxy) is 2. The van der Waals surface area contributed by atoms with Gasteiger partial charge in [0.25, 0.3) is 0 Å². The Balaban J connectivity index is 1.74. The maximum Gasteiger partial charge on any atom is 0.310 e. The summed E-state index contributed by atoms with van der Waals surface area (Å²) < 4.78 is 12.7. The zero-order chi connectivity index (χ0) is 28.0. The lowest BCUT2D eigenvalue weighted by Crippen LogP contribution is -2.38. The van der Waals surface area contributed by atoms with E-state index in [-0.39, 0.29) is 17.5 Å². The SMILES string of the molecule is CC[C@@H](Cc1ccc(OC(C)(C)C)cc1)C(=O)OC(c1ccccc1)(c1ccc(C)cc1)c1ccccc1C. The number of aryl methyl sites for hydroxylation is 2. The Kier molecular flexibility index (Phi) is 8.60. The molecule has 0 amide bonds. The van der Waals surface area contributed by atoms with Crippen LogP contribution in [0.4, 0.5) is 0 Å². The number of rotatable bonds is 9. The summed E-state index contributed by atoms with van der Waals surface area (Å²) in [6.07, 6.45) is 1.27. The molecule has 0 radical (unpaired) electrons. The van der Waals surface area contributed by atoms with Crippen LogP contribution in [0.5, 0.6) is 5.75 Å². The van der Waals surface area contributed by atoms with E-state index >= 15 is 0 Å². The Morgan fingerprint density at radius 1 is 0.744 bits per heavy atom. The van der Waals surface area contributed by atoms with Crippen LogP contribution in [-0.2, 0) is 21.6 Å². The first-order valence-electron chi connectivity index (χ1n) is 13.8. The molecule has 0 fully saturated rings. The minimum atomic E-state index is -1.07. The van der Waals surface area contributed by atoms with Gasteiger partial charge in [0.05, 0.1) is 5.92 Å². The zero-order valence-electron chi connectivity index (χ0n) is 24.0. The Bertz CT molecular complexity index is 1370. The fraction of sp³-hybridized carbons (Fsp3) is 0.306. The summed E-state index contributed by atoms with van der Waals surface area (Å²) in [6.45, 7) is 12.3. The average molecular weight is 521 g/mol. The minimum Gasteiger partial charge on any atom is -0.488 e. The predicted octanol–water partition coefficient (Wildman–Crippen LogP) is 8.58.